The standard InChI is InChI=1S/C24H32O2/c1-15-9-12-19(23(3,4)5)22(26)18(15)11-10-17-14-20(24(6,7)8)21(25)13-16(17)2/h9-14,25-26H,1-8H3/b11-10+. The van der Waals surface area contributed by atoms with E-state index < -0.39 is 0 Å². The smallest absolute Gasteiger partial charge is 0.126 e. The van der Waals surface area contributed by atoms with E-state index in [2.05, 4.69) is 47.6 Å². The summed E-state index contributed by atoms with van der Waals surface area (Å²) in [5.41, 5.74) is 5.57. The van der Waals surface area contributed by atoms with E-state index in [0.29, 0.717) is 11.5 Å². The maximum absolute atomic E-state index is 10.8. The van der Waals surface area contributed by atoms with E-state index in [0.717, 1.165) is 33.4 Å². The SMILES string of the molecule is Cc1cc(O)c(C(C)(C)C)cc1/C=C/c1c(C)ccc(C(C)(C)C)c1O. The van der Waals surface area contributed by atoms with Gasteiger partial charge in [-0.3, -0.25) is 0 Å². The summed E-state index contributed by atoms with van der Waals surface area (Å²) in [6.45, 7) is 16.6. The van der Waals surface area contributed by atoms with Crippen LogP contribution in [0.15, 0.2) is 24.3 Å². The van der Waals surface area contributed by atoms with Crippen LogP contribution in [0.25, 0.3) is 12.2 Å². The van der Waals surface area contributed by atoms with E-state index in [1.165, 1.54) is 0 Å². The van der Waals surface area contributed by atoms with Crippen molar-refractivity contribution in [3.63, 3.8) is 0 Å². The highest BCUT2D eigenvalue weighted by Gasteiger charge is 2.21. The molecule has 0 aromatic heterocycles. The molecule has 0 saturated carbocycles. The first-order valence-electron chi connectivity index (χ1n) is 9.17. The van der Waals surface area contributed by atoms with Crippen LogP contribution in [0.5, 0.6) is 11.5 Å². The van der Waals surface area contributed by atoms with E-state index in [1.807, 2.05) is 44.2 Å². The predicted molar refractivity (Wildman–Crippen MR) is 112 cm³/mol. The molecule has 2 aromatic carbocycles. The second-order valence-electron chi connectivity index (χ2n) is 9.25. The molecular weight excluding hydrogens is 320 g/mol. The van der Waals surface area contributed by atoms with Gasteiger partial charge >= 0.3 is 0 Å². The fourth-order valence-electron chi connectivity index (χ4n) is 3.19. The average molecular weight is 353 g/mol. The monoisotopic (exact) mass is 352 g/mol. The first-order chi connectivity index (χ1) is 11.8. The fourth-order valence-corrected chi connectivity index (χ4v) is 3.19. The molecule has 0 spiro atoms. The number of phenolic OH excluding ortho intramolecular Hbond substituents is 2. The Morgan fingerprint density at radius 3 is 1.85 bits per heavy atom. The molecule has 2 nitrogen and oxygen atoms in total. The Balaban J connectivity index is 2.55. The highest BCUT2D eigenvalue weighted by molar-refractivity contribution is 5.77. The third-order valence-electron chi connectivity index (χ3n) is 4.87. The summed E-state index contributed by atoms with van der Waals surface area (Å²) in [5.74, 6) is 0.683. The van der Waals surface area contributed by atoms with Crippen LogP contribution in [0.3, 0.4) is 0 Å². The van der Waals surface area contributed by atoms with Gasteiger partial charge in [0, 0.05) is 5.56 Å². The lowest BCUT2D eigenvalue weighted by Gasteiger charge is -2.22. The molecule has 2 heteroatoms. The molecule has 0 aliphatic carbocycles. The minimum Gasteiger partial charge on any atom is -0.508 e. The minimum atomic E-state index is -0.134. The van der Waals surface area contributed by atoms with Crippen molar-refractivity contribution in [3.8, 4) is 11.5 Å². The third kappa shape index (κ3) is 4.12. The summed E-state index contributed by atoms with van der Waals surface area (Å²) in [6, 6.07) is 7.93. The highest BCUT2D eigenvalue weighted by atomic mass is 16.3. The van der Waals surface area contributed by atoms with Crippen molar-refractivity contribution in [1.29, 1.82) is 0 Å². The lowest BCUT2D eigenvalue weighted by molar-refractivity contribution is 0.444. The summed E-state index contributed by atoms with van der Waals surface area (Å²) in [4.78, 5) is 0. The molecule has 2 rings (SSSR count). The van der Waals surface area contributed by atoms with Crippen LogP contribution in [0.4, 0.5) is 0 Å². The van der Waals surface area contributed by atoms with E-state index in [9.17, 15) is 10.2 Å². The van der Waals surface area contributed by atoms with Crippen molar-refractivity contribution in [2.24, 2.45) is 0 Å². The van der Waals surface area contributed by atoms with Gasteiger partial charge in [0.05, 0.1) is 0 Å². The quantitative estimate of drug-likeness (QED) is 0.607. The van der Waals surface area contributed by atoms with Crippen LogP contribution >= 0.6 is 0 Å². The molecule has 0 radical (unpaired) electrons. The molecule has 2 aromatic rings. The minimum absolute atomic E-state index is 0.117. The van der Waals surface area contributed by atoms with E-state index in [-0.39, 0.29) is 10.8 Å². The number of benzene rings is 2. The number of phenols is 2. The molecule has 0 unspecified atom stereocenters. The Labute approximate surface area is 158 Å². The van der Waals surface area contributed by atoms with Crippen molar-refractivity contribution < 1.29 is 10.2 Å². The van der Waals surface area contributed by atoms with E-state index in [4.69, 9.17) is 0 Å². The Kier molecular flexibility index (Phi) is 5.28. The van der Waals surface area contributed by atoms with Gasteiger partial charge in [0.2, 0.25) is 0 Å². The molecule has 0 aliphatic heterocycles. The third-order valence-corrected chi connectivity index (χ3v) is 4.87. The van der Waals surface area contributed by atoms with E-state index >= 15 is 0 Å². The highest BCUT2D eigenvalue weighted by Crippen LogP contribution is 2.37. The maximum atomic E-state index is 10.8. The van der Waals surface area contributed by atoms with Gasteiger partial charge < -0.3 is 10.2 Å². The summed E-state index contributed by atoms with van der Waals surface area (Å²) >= 11 is 0. The summed E-state index contributed by atoms with van der Waals surface area (Å²) in [6.07, 6.45) is 4.00. The number of hydrogen-bond acceptors (Lipinski definition) is 2. The molecule has 26 heavy (non-hydrogen) atoms. The second kappa shape index (κ2) is 6.83. The number of rotatable bonds is 2. The Hall–Kier alpha value is -2.22. The lowest BCUT2D eigenvalue weighted by atomic mass is 9.83. The molecule has 0 aliphatic rings. The molecule has 0 saturated heterocycles. The zero-order chi connectivity index (χ0) is 19.9. The molecule has 0 atom stereocenters. The Morgan fingerprint density at radius 1 is 0.731 bits per heavy atom. The molecule has 140 valence electrons. The Morgan fingerprint density at radius 2 is 1.31 bits per heavy atom. The molecule has 0 bridgehead atoms. The van der Waals surface area contributed by atoms with Crippen LogP contribution in [0.2, 0.25) is 0 Å². The molecule has 0 fully saturated rings. The number of hydrogen-bond donors (Lipinski definition) is 2. The number of aryl methyl sites for hydroxylation is 2. The molecule has 0 heterocycles. The van der Waals surface area contributed by atoms with Crippen molar-refractivity contribution in [3.05, 3.63) is 57.6 Å². The summed E-state index contributed by atoms with van der Waals surface area (Å²) in [5, 5.41) is 21.1. The first-order valence-corrected chi connectivity index (χ1v) is 9.17. The van der Waals surface area contributed by atoms with Gasteiger partial charge in [-0.15, -0.1) is 0 Å². The summed E-state index contributed by atoms with van der Waals surface area (Å²) < 4.78 is 0. The van der Waals surface area contributed by atoms with Crippen LogP contribution in [-0.2, 0) is 10.8 Å². The Bertz CT molecular complexity index is 844. The number of aromatic hydroxyl groups is 2. The largest absolute Gasteiger partial charge is 0.508 e. The molecule has 0 amide bonds. The topological polar surface area (TPSA) is 40.5 Å². The lowest BCUT2D eigenvalue weighted by Crippen LogP contribution is -2.12. The van der Waals surface area contributed by atoms with Crippen LogP contribution < -0.4 is 0 Å². The summed E-state index contributed by atoms with van der Waals surface area (Å²) in [7, 11) is 0. The van der Waals surface area contributed by atoms with Crippen molar-refractivity contribution in [1.82, 2.24) is 0 Å². The zero-order valence-electron chi connectivity index (χ0n) is 17.4. The van der Waals surface area contributed by atoms with Gasteiger partial charge in [0.15, 0.2) is 0 Å². The van der Waals surface area contributed by atoms with Gasteiger partial charge in [0.25, 0.3) is 0 Å². The van der Waals surface area contributed by atoms with Gasteiger partial charge in [-0.25, -0.2) is 0 Å². The van der Waals surface area contributed by atoms with Gasteiger partial charge in [-0.2, -0.15) is 0 Å². The van der Waals surface area contributed by atoms with Gasteiger partial charge in [-0.05, 0) is 64.6 Å². The van der Waals surface area contributed by atoms with Crippen LogP contribution in [0, 0.1) is 13.8 Å². The van der Waals surface area contributed by atoms with Crippen LogP contribution in [-0.4, -0.2) is 10.2 Å². The van der Waals surface area contributed by atoms with Gasteiger partial charge in [0.1, 0.15) is 11.5 Å². The van der Waals surface area contributed by atoms with Crippen LogP contribution in [0.1, 0.15) is 74.9 Å². The van der Waals surface area contributed by atoms with Crippen molar-refractivity contribution in [2.75, 3.05) is 0 Å². The zero-order valence-corrected chi connectivity index (χ0v) is 17.4. The second-order valence-corrected chi connectivity index (χ2v) is 9.25. The first kappa shape index (κ1) is 20.1. The van der Waals surface area contributed by atoms with E-state index in [1.54, 1.807) is 0 Å². The van der Waals surface area contributed by atoms with Crippen molar-refractivity contribution >= 4 is 12.2 Å². The normalized spacial score (nSPS) is 12.8. The average Bonchev–Trinajstić information content (AvgIpc) is 2.46. The predicted octanol–water partition coefficient (Wildman–Crippen LogP) is 6.48. The molecular formula is C24H32O2. The molecule has 2 N–H and O–H groups in total. The maximum Gasteiger partial charge on any atom is 0.126 e. The van der Waals surface area contributed by atoms with Crippen molar-refractivity contribution in [2.45, 2.75) is 66.2 Å². The fraction of sp³-hybridized carbons (Fsp3) is 0.417. The van der Waals surface area contributed by atoms with Gasteiger partial charge in [-0.1, -0.05) is 65.8 Å².